The van der Waals surface area contributed by atoms with Gasteiger partial charge in [0.05, 0.1) is 6.20 Å². The number of halogens is 2. The summed E-state index contributed by atoms with van der Waals surface area (Å²) in [5, 5.41) is 0. The van der Waals surface area contributed by atoms with Crippen LogP contribution in [0, 0.1) is 24.5 Å². The van der Waals surface area contributed by atoms with E-state index in [2.05, 4.69) is 14.7 Å². The highest BCUT2D eigenvalue weighted by atomic mass is 32.2. The molecule has 1 aliphatic rings. The Morgan fingerprint density at radius 2 is 2.06 bits per heavy atom. The van der Waals surface area contributed by atoms with Crippen molar-refractivity contribution in [1.82, 2.24) is 14.5 Å². The number of pyridine rings is 1. The van der Waals surface area contributed by atoms with E-state index in [-0.39, 0.29) is 17.1 Å². The van der Waals surface area contributed by atoms with Gasteiger partial charge in [-0.1, -0.05) is 18.4 Å². The van der Waals surface area contributed by atoms with Crippen LogP contribution in [0.4, 0.5) is 14.7 Å². The van der Waals surface area contributed by atoms with Crippen LogP contribution in [0.5, 0.6) is 11.5 Å². The minimum absolute atomic E-state index is 0.0424. The van der Waals surface area contributed by atoms with E-state index in [1.807, 2.05) is 6.26 Å². The Balaban J connectivity index is 1.78. The smallest absolute Gasteiger partial charge is 0.253 e. The first kappa shape index (κ1) is 21.3. The summed E-state index contributed by atoms with van der Waals surface area (Å²) in [6, 6.07) is 4.82. The highest BCUT2D eigenvalue weighted by molar-refractivity contribution is 7.99. The van der Waals surface area contributed by atoms with E-state index in [9.17, 15) is 13.6 Å². The van der Waals surface area contributed by atoms with Gasteiger partial charge >= 0.3 is 0 Å². The molecular weight excluding hydrogens is 422 g/mol. The Bertz CT molecular complexity index is 1160. The molecule has 0 aliphatic heterocycles. The number of aryl methyl sites for hydroxylation is 1. The second-order valence-electron chi connectivity index (χ2n) is 7.56. The molecule has 1 N–H and O–H groups in total. The molecule has 1 aromatic carbocycles. The maximum atomic E-state index is 14.2. The summed E-state index contributed by atoms with van der Waals surface area (Å²) in [6.07, 6.45) is 8.44. The maximum Gasteiger partial charge on any atom is 0.253 e. The third-order valence-corrected chi connectivity index (χ3v) is 5.67. The summed E-state index contributed by atoms with van der Waals surface area (Å²) >= 11 is 1.33. The lowest BCUT2D eigenvalue weighted by Crippen LogP contribution is -2.28. The number of rotatable bonds is 7. The lowest BCUT2D eigenvalue weighted by atomic mass is 9.85. The molecule has 31 heavy (non-hydrogen) atoms. The lowest BCUT2D eigenvalue weighted by Gasteiger charge is -2.26. The Morgan fingerprint density at radius 1 is 1.26 bits per heavy atom. The van der Waals surface area contributed by atoms with E-state index in [4.69, 9.17) is 4.74 Å². The van der Waals surface area contributed by atoms with Gasteiger partial charge in [0, 0.05) is 36.2 Å². The molecule has 0 unspecified atom stereocenters. The normalized spacial score (nSPS) is 13.7. The molecule has 0 saturated heterocycles. The van der Waals surface area contributed by atoms with Gasteiger partial charge in [-0.15, -0.1) is 0 Å². The molecule has 162 valence electrons. The molecule has 9 heteroatoms. The molecule has 1 fully saturated rings. The Kier molecular flexibility index (Phi) is 6.22. The van der Waals surface area contributed by atoms with Crippen molar-refractivity contribution >= 4 is 17.9 Å². The number of anilines is 1. The van der Waals surface area contributed by atoms with E-state index in [1.54, 1.807) is 23.8 Å². The predicted molar refractivity (Wildman–Crippen MR) is 117 cm³/mol. The highest BCUT2D eigenvalue weighted by Crippen LogP contribution is 2.34. The van der Waals surface area contributed by atoms with Crippen LogP contribution in [0.25, 0.3) is 11.3 Å². The standard InChI is InChI=1S/C22H22F2N4O2S/c1-13-8-15(12-28(21(13)29)11-14-4-3-5-14)20-19(10-25-22(26-20)27-31-2)30-18-7-6-16(23)9-17(18)24/h6-10,12,14H,3-5,11H2,1-2H3,(H,25,26,27). The first-order valence-electron chi connectivity index (χ1n) is 9.95. The number of nitrogens with zero attached hydrogens (tertiary/aromatic N) is 3. The molecule has 0 radical (unpaired) electrons. The van der Waals surface area contributed by atoms with Gasteiger partial charge in [0.25, 0.3) is 5.56 Å². The SMILES string of the molecule is CSNc1ncc(Oc2ccc(F)cc2F)c(-c2cc(C)c(=O)n(CC3CCC3)c2)n1. The minimum Gasteiger partial charge on any atom is -0.450 e. The van der Waals surface area contributed by atoms with Gasteiger partial charge in [0.2, 0.25) is 5.95 Å². The molecule has 0 amide bonds. The van der Waals surface area contributed by atoms with Gasteiger partial charge in [-0.25, -0.2) is 18.7 Å². The average molecular weight is 445 g/mol. The quantitative estimate of drug-likeness (QED) is 0.507. The lowest BCUT2D eigenvalue weighted by molar-refractivity contribution is 0.273. The summed E-state index contributed by atoms with van der Waals surface area (Å²) in [5.74, 6) is -0.621. The molecule has 4 rings (SSSR count). The number of ether oxygens (including phenoxy) is 1. The van der Waals surface area contributed by atoms with Crippen LogP contribution in [0.2, 0.25) is 0 Å². The van der Waals surface area contributed by atoms with Crippen LogP contribution in [0.3, 0.4) is 0 Å². The van der Waals surface area contributed by atoms with E-state index in [0.717, 1.165) is 25.0 Å². The zero-order valence-electron chi connectivity index (χ0n) is 17.2. The van der Waals surface area contributed by atoms with E-state index in [1.165, 1.54) is 30.6 Å². The number of nitrogens with one attached hydrogen (secondary N) is 1. The fourth-order valence-corrected chi connectivity index (χ4v) is 3.75. The second-order valence-corrected chi connectivity index (χ2v) is 8.17. The number of hydrogen-bond donors (Lipinski definition) is 1. The Labute approximate surface area is 182 Å². The Morgan fingerprint density at radius 3 is 2.74 bits per heavy atom. The average Bonchev–Trinajstić information content (AvgIpc) is 2.71. The zero-order valence-corrected chi connectivity index (χ0v) is 18.0. The van der Waals surface area contributed by atoms with Crippen LogP contribution < -0.4 is 15.0 Å². The fraction of sp³-hybridized carbons (Fsp3) is 0.318. The number of benzene rings is 1. The van der Waals surface area contributed by atoms with Crippen molar-refractivity contribution in [2.24, 2.45) is 5.92 Å². The molecule has 0 atom stereocenters. The molecule has 1 aliphatic carbocycles. The fourth-order valence-electron chi connectivity index (χ4n) is 3.47. The summed E-state index contributed by atoms with van der Waals surface area (Å²) in [7, 11) is 0. The van der Waals surface area contributed by atoms with Gasteiger partial charge in [0.15, 0.2) is 17.3 Å². The van der Waals surface area contributed by atoms with Crippen LogP contribution in [-0.4, -0.2) is 20.8 Å². The van der Waals surface area contributed by atoms with Crippen molar-refractivity contribution < 1.29 is 13.5 Å². The van der Waals surface area contributed by atoms with Gasteiger partial charge in [-0.3, -0.25) is 9.52 Å². The Hall–Kier alpha value is -2.94. The molecule has 6 nitrogen and oxygen atoms in total. The van der Waals surface area contributed by atoms with Gasteiger partial charge in [-0.2, -0.15) is 0 Å². The topological polar surface area (TPSA) is 69.0 Å². The summed E-state index contributed by atoms with van der Waals surface area (Å²) in [6.45, 7) is 2.41. The molecule has 2 heterocycles. The third-order valence-electron chi connectivity index (χ3n) is 5.28. The van der Waals surface area contributed by atoms with Crippen LogP contribution in [0.15, 0.2) is 41.5 Å². The summed E-state index contributed by atoms with van der Waals surface area (Å²) < 4.78 is 37.8. The predicted octanol–water partition coefficient (Wildman–Crippen LogP) is 5.17. The maximum absolute atomic E-state index is 14.2. The molecule has 3 aromatic rings. The first-order chi connectivity index (χ1) is 14.9. The third kappa shape index (κ3) is 4.71. The van der Waals surface area contributed by atoms with Crippen LogP contribution in [0.1, 0.15) is 24.8 Å². The van der Waals surface area contributed by atoms with E-state index >= 15 is 0 Å². The van der Waals surface area contributed by atoms with Gasteiger partial charge in [0.1, 0.15) is 11.5 Å². The largest absolute Gasteiger partial charge is 0.450 e. The van der Waals surface area contributed by atoms with Crippen molar-refractivity contribution in [1.29, 1.82) is 0 Å². The minimum atomic E-state index is -0.830. The van der Waals surface area contributed by atoms with Crippen LogP contribution in [-0.2, 0) is 6.54 Å². The molecule has 1 saturated carbocycles. The van der Waals surface area contributed by atoms with Crippen molar-refractivity contribution in [3.8, 4) is 22.8 Å². The van der Waals surface area contributed by atoms with E-state index in [0.29, 0.717) is 35.2 Å². The highest BCUT2D eigenvalue weighted by Gasteiger charge is 2.20. The van der Waals surface area contributed by atoms with E-state index < -0.39 is 11.6 Å². The zero-order chi connectivity index (χ0) is 22.0. The van der Waals surface area contributed by atoms with Crippen molar-refractivity contribution in [3.63, 3.8) is 0 Å². The van der Waals surface area contributed by atoms with Crippen molar-refractivity contribution in [2.75, 3.05) is 11.0 Å². The van der Waals surface area contributed by atoms with Crippen LogP contribution >= 0.6 is 11.9 Å². The number of aromatic nitrogens is 3. The molecular formula is C22H22F2N4O2S. The second kappa shape index (κ2) is 9.05. The van der Waals surface area contributed by atoms with Crippen molar-refractivity contribution in [3.05, 3.63) is 64.2 Å². The van der Waals surface area contributed by atoms with Crippen molar-refractivity contribution in [2.45, 2.75) is 32.7 Å². The molecule has 0 bridgehead atoms. The first-order valence-corrected chi connectivity index (χ1v) is 11.2. The van der Waals surface area contributed by atoms with Gasteiger partial charge in [-0.05, 0) is 43.9 Å². The molecule has 2 aromatic heterocycles. The monoisotopic (exact) mass is 444 g/mol. The van der Waals surface area contributed by atoms with Gasteiger partial charge < -0.3 is 9.30 Å². The molecule has 0 spiro atoms. The summed E-state index contributed by atoms with van der Waals surface area (Å²) in [5.41, 5.74) is 1.59. The number of hydrogen-bond acceptors (Lipinski definition) is 6. The summed E-state index contributed by atoms with van der Waals surface area (Å²) in [4.78, 5) is 21.4.